The summed E-state index contributed by atoms with van der Waals surface area (Å²) in [6.07, 6.45) is 0.000214. The lowest BCUT2D eigenvalue weighted by Gasteiger charge is -2.22. The molecule has 0 spiro atoms. The minimum absolute atomic E-state index is 0.000214. The van der Waals surface area contributed by atoms with Crippen molar-refractivity contribution in [2.75, 3.05) is 17.4 Å². The molecule has 0 aromatic carbocycles. The number of anilines is 2. The summed E-state index contributed by atoms with van der Waals surface area (Å²) < 4.78 is 5.44. The van der Waals surface area contributed by atoms with Crippen LogP contribution in [0.25, 0.3) is 0 Å². The zero-order valence-corrected chi connectivity index (χ0v) is 10.9. The van der Waals surface area contributed by atoms with Crippen LogP contribution in [0.15, 0.2) is 0 Å². The summed E-state index contributed by atoms with van der Waals surface area (Å²) in [4.78, 5) is 14.3. The number of nitrogen functional groups attached to an aromatic ring is 1. The second-order valence-electron chi connectivity index (χ2n) is 4.26. The first kappa shape index (κ1) is 13.4. The van der Waals surface area contributed by atoms with Gasteiger partial charge in [0.1, 0.15) is 0 Å². The Labute approximate surface area is 101 Å². The van der Waals surface area contributed by atoms with E-state index < -0.39 is 0 Å². The van der Waals surface area contributed by atoms with E-state index in [4.69, 9.17) is 10.6 Å². The average Bonchev–Trinajstić information content (AvgIpc) is 2.26. The third-order valence-corrected chi connectivity index (χ3v) is 2.16. The summed E-state index contributed by atoms with van der Waals surface area (Å²) in [6.45, 7) is 7.90. The van der Waals surface area contributed by atoms with Crippen LogP contribution in [0.2, 0.25) is 0 Å². The average molecular weight is 240 g/mol. The summed E-state index contributed by atoms with van der Waals surface area (Å²) in [5.41, 5.74) is 2.41. The molecule has 0 aliphatic carbocycles. The monoisotopic (exact) mass is 240 g/mol. The fourth-order valence-corrected chi connectivity index (χ4v) is 1.06. The zero-order valence-electron chi connectivity index (χ0n) is 10.9. The van der Waals surface area contributed by atoms with Gasteiger partial charge in [0.25, 0.3) is 0 Å². The maximum atomic E-state index is 5.44. The Kier molecular flexibility index (Phi) is 4.45. The third-order valence-electron chi connectivity index (χ3n) is 2.16. The van der Waals surface area contributed by atoms with Gasteiger partial charge >= 0.3 is 6.01 Å². The lowest BCUT2D eigenvalue weighted by molar-refractivity contribution is 0.222. The number of nitrogens with zero attached hydrogens (tertiary/aromatic N) is 4. The maximum Gasteiger partial charge on any atom is 0.323 e. The molecule has 0 radical (unpaired) electrons. The maximum absolute atomic E-state index is 5.44. The molecule has 96 valence electrons. The van der Waals surface area contributed by atoms with Crippen LogP contribution < -0.4 is 20.9 Å². The number of nitrogens with two attached hydrogens (primary N) is 1. The summed E-state index contributed by atoms with van der Waals surface area (Å²) in [6, 6.07) is 0.542. The smallest absolute Gasteiger partial charge is 0.323 e. The molecule has 0 aliphatic heterocycles. The predicted octanol–water partition coefficient (Wildman–Crippen LogP) is 0.789. The van der Waals surface area contributed by atoms with Gasteiger partial charge in [-0.1, -0.05) is 0 Å². The van der Waals surface area contributed by atoms with Gasteiger partial charge in [-0.15, -0.1) is 0 Å². The van der Waals surface area contributed by atoms with Crippen molar-refractivity contribution < 1.29 is 4.74 Å². The van der Waals surface area contributed by atoms with Crippen molar-refractivity contribution in [1.29, 1.82) is 0 Å². The van der Waals surface area contributed by atoms with Crippen molar-refractivity contribution in [2.24, 2.45) is 5.84 Å². The highest BCUT2D eigenvalue weighted by Crippen LogP contribution is 2.15. The van der Waals surface area contributed by atoms with E-state index >= 15 is 0 Å². The minimum Gasteiger partial charge on any atom is -0.461 e. The highest BCUT2D eigenvalue weighted by Gasteiger charge is 2.13. The van der Waals surface area contributed by atoms with E-state index in [0.29, 0.717) is 5.95 Å². The Morgan fingerprint density at radius 1 is 1.18 bits per heavy atom. The number of rotatable bonds is 5. The molecule has 0 saturated heterocycles. The molecule has 7 nitrogen and oxygen atoms in total. The first-order valence-corrected chi connectivity index (χ1v) is 5.56. The van der Waals surface area contributed by atoms with E-state index in [-0.39, 0.29) is 24.1 Å². The molecule has 0 aliphatic rings. The topological polar surface area (TPSA) is 89.2 Å². The van der Waals surface area contributed by atoms with Gasteiger partial charge in [0, 0.05) is 13.1 Å². The van der Waals surface area contributed by atoms with Gasteiger partial charge in [0.15, 0.2) is 0 Å². The molecule has 17 heavy (non-hydrogen) atoms. The number of hydrazine groups is 1. The van der Waals surface area contributed by atoms with Crippen LogP contribution in [0, 0.1) is 0 Å². The standard InChI is InChI=1S/C10H20N6O/c1-6(2)16(5)9-12-8(15-11)13-10(14-9)17-7(3)4/h6-7H,11H2,1-5H3,(H,12,13,14,15). The third kappa shape index (κ3) is 3.70. The van der Waals surface area contributed by atoms with E-state index in [1.165, 1.54) is 0 Å². The SMILES string of the molecule is CC(C)Oc1nc(NN)nc(N(C)C(C)C)n1. The molecule has 0 saturated carbocycles. The predicted molar refractivity (Wildman–Crippen MR) is 66.9 cm³/mol. The molecule has 3 N–H and O–H groups in total. The number of aromatic nitrogens is 3. The molecule has 1 aromatic rings. The van der Waals surface area contributed by atoms with Crippen molar-refractivity contribution >= 4 is 11.9 Å². The van der Waals surface area contributed by atoms with Crippen molar-refractivity contribution in [2.45, 2.75) is 39.8 Å². The molecular formula is C10H20N6O. The Hall–Kier alpha value is -1.63. The second kappa shape index (κ2) is 5.62. The largest absolute Gasteiger partial charge is 0.461 e. The van der Waals surface area contributed by atoms with Gasteiger partial charge in [-0.05, 0) is 27.7 Å². The molecule has 0 atom stereocenters. The molecule has 0 fully saturated rings. The van der Waals surface area contributed by atoms with E-state index in [1.807, 2.05) is 39.6 Å². The highest BCUT2D eigenvalue weighted by atomic mass is 16.5. The van der Waals surface area contributed by atoms with Gasteiger partial charge in [0.2, 0.25) is 11.9 Å². The number of ether oxygens (including phenoxy) is 1. The molecule has 0 unspecified atom stereocenters. The van der Waals surface area contributed by atoms with Crippen LogP contribution in [0.3, 0.4) is 0 Å². The molecule has 1 aromatic heterocycles. The van der Waals surface area contributed by atoms with Gasteiger partial charge in [0.05, 0.1) is 6.10 Å². The Bertz CT molecular complexity index is 368. The highest BCUT2D eigenvalue weighted by molar-refractivity contribution is 5.37. The van der Waals surface area contributed by atoms with Crippen molar-refractivity contribution in [3.8, 4) is 6.01 Å². The fraction of sp³-hybridized carbons (Fsp3) is 0.700. The van der Waals surface area contributed by atoms with Crippen molar-refractivity contribution in [3.63, 3.8) is 0 Å². The first-order chi connectivity index (χ1) is 7.93. The Balaban J connectivity index is 3.04. The van der Waals surface area contributed by atoms with E-state index in [2.05, 4.69) is 20.4 Å². The summed E-state index contributed by atoms with van der Waals surface area (Å²) in [5.74, 6) is 6.13. The van der Waals surface area contributed by atoms with Gasteiger partial charge < -0.3 is 9.64 Å². The minimum atomic E-state index is 0.000214. The van der Waals surface area contributed by atoms with Crippen molar-refractivity contribution in [3.05, 3.63) is 0 Å². The van der Waals surface area contributed by atoms with Crippen LogP contribution in [0.5, 0.6) is 6.01 Å². The molecule has 0 bridgehead atoms. The van der Waals surface area contributed by atoms with E-state index in [9.17, 15) is 0 Å². The van der Waals surface area contributed by atoms with Crippen LogP contribution in [-0.4, -0.2) is 34.1 Å². The second-order valence-corrected chi connectivity index (χ2v) is 4.26. The van der Waals surface area contributed by atoms with E-state index in [0.717, 1.165) is 0 Å². The Morgan fingerprint density at radius 3 is 2.29 bits per heavy atom. The summed E-state index contributed by atoms with van der Waals surface area (Å²) in [7, 11) is 1.90. The van der Waals surface area contributed by atoms with E-state index in [1.54, 1.807) is 0 Å². The quantitative estimate of drug-likeness (QED) is 0.581. The lowest BCUT2D eigenvalue weighted by atomic mass is 10.4. The molecule has 0 amide bonds. The van der Waals surface area contributed by atoms with Crippen LogP contribution in [0.1, 0.15) is 27.7 Å². The van der Waals surface area contributed by atoms with Gasteiger partial charge in [-0.2, -0.15) is 15.0 Å². The van der Waals surface area contributed by atoms with Crippen LogP contribution >= 0.6 is 0 Å². The Morgan fingerprint density at radius 2 is 1.82 bits per heavy atom. The van der Waals surface area contributed by atoms with Gasteiger partial charge in [-0.3, -0.25) is 5.43 Å². The first-order valence-electron chi connectivity index (χ1n) is 5.56. The molecule has 7 heteroatoms. The summed E-state index contributed by atoms with van der Waals surface area (Å²) in [5, 5.41) is 0. The molecule has 1 heterocycles. The lowest BCUT2D eigenvalue weighted by Crippen LogP contribution is -2.28. The van der Waals surface area contributed by atoms with Crippen molar-refractivity contribution in [1.82, 2.24) is 15.0 Å². The fourth-order valence-electron chi connectivity index (χ4n) is 1.06. The number of hydrogen-bond donors (Lipinski definition) is 2. The van der Waals surface area contributed by atoms with Crippen LogP contribution in [0.4, 0.5) is 11.9 Å². The molecule has 1 rings (SSSR count). The number of hydrogen-bond acceptors (Lipinski definition) is 7. The summed E-state index contributed by atoms with van der Waals surface area (Å²) >= 11 is 0. The number of nitrogens with one attached hydrogen (secondary N) is 1. The van der Waals surface area contributed by atoms with Gasteiger partial charge in [-0.25, -0.2) is 5.84 Å². The normalized spacial score (nSPS) is 10.8. The zero-order chi connectivity index (χ0) is 13.0. The van der Waals surface area contributed by atoms with Crippen LogP contribution in [-0.2, 0) is 0 Å². The molecular weight excluding hydrogens is 220 g/mol.